The summed E-state index contributed by atoms with van der Waals surface area (Å²) in [4.78, 5) is 29.3. The maximum Gasteiger partial charge on any atom is 0.411 e. The van der Waals surface area contributed by atoms with E-state index >= 15 is 0 Å². The topological polar surface area (TPSA) is 66.8 Å². The fraction of sp³-hybridized carbons (Fsp3) is 0.357. The molecule has 0 saturated carbocycles. The number of anilines is 1. The number of fused-ring (bicyclic) bond motifs is 1. The normalized spacial score (nSPS) is 17.2. The van der Waals surface area contributed by atoms with Crippen LogP contribution in [-0.4, -0.2) is 66.8 Å². The maximum atomic E-state index is 13.8. The molecular weight excluding hydrogens is 497 g/mol. The van der Waals surface area contributed by atoms with Crippen LogP contribution in [0.25, 0.3) is 5.69 Å². The van der Waals surface area contributed by atoms with Crippen LogP contribution in [0.3, 0.4) is 0 Å². The molecule has 2 aromatic carbocycles. The van der Waals surface area contributed by atoms with Crippen molar-refractivity contribution in [2.24, 2.45) is 0 Å². The number of hydrogen-bond acceptors (Lipinski definition) is 5. The van der Waals surface area contributed by atoms with E-state index in [-0.39, 0.29) is 17.0 Å². The first-order valence-corrected chi connectivity index (χ1v) is 12.6. The lowest BCUT2D eigenvalue weighted by atomic mass is 10.1. The molecule has 3 aromatic rings. The molecule has 7 nitrogen and oxygen atoms in total. The summed E-state index contributed by atoms with van der Waals surface area (Å²) in [6, 6.07) is 10.4. The number of benzene rings is 2. The molecule has 2 heterocycles. The van der Waals surface area contributed by atoms with E-state index < -0.39 is 23.5 Å². The number of piperazine rings is 1. The van der Waals surface area contributed by atoms with Gasteiger partial charge in [0.05, 0.1) is 12.3 Å². The van der Waals surface area contributed by atoms with Crippen LogP contribution in [0.5, 0.6) is 0 Å². The molecule has 0 spiro atoms. The van der Waals surface area contributed by atoms with Crippen LogP contribution in [0.2, 0.25) is 0 Å². The minimum Gasteiger partial charge on any atom is -0.449 e. The van der Waals surface area contributed by atoms with Crippen LogP contribution in [-0.2, 0) is 11.2 Å². The second-order valence-corrected chi connectivity index (χ2v) is 9.79. The van der Waals surface area contributed by atoms with Crippen LogP contribution in [0.15, 0.2) is 53.5 Å². The van der Waals surface area contributed by atoms with Crippen molar-refractivity contribution in [3.8, 4) is 5.69 Å². The van der Waals surface area contributed by atoms with Crippen LogP contribution in [0.4, 0.5) is 23.7 Å². The highest BCUT2D eigenvalue weighted by molar-refractivity contribution is 5.84. The molecule has 1 amide bonds. The molecule has 5 rings (SSSR count). The Balaban J connectivity index is 1.17. The number of carbonyl (C=O) groups excluding carboxylic acids is 1. The van der Waals surface area contributed by atoms with Crippen molar-refractivity contribution in [1.82, 2.24) is 14.4 Å². The summed E-state index contributed by atoms with van der Waals surface area (Å²) >= 11 is 0. The predicted octanol–water partition coefficient (Wildman–Crippen LogP) is 4.13. The number of nitrogens with zero attached hydrogens (tertiary/aromatic N) is 3. The maximum absolute atomic E-state index is 13.8. The van der Waals surface area contributed by atoms with Crippen molar-refractivity contribution >= 4 is 11.8 Å². The highest BCUT2D eigenvalue weighted by Crippen LogP contribution is 2.44. The fourth-order valence-corrected chi connectivity index (χ4v) is 4.96. The molecule has 1 aliphatic heterocycles. The second-order valence-electron chi connectivity index (χ2n) is 9.79. The standard InChI is InChI=1S/C28H29F3N4O3/c1-33-9-11-34(12-10-33)7-3-13-38-28(37)32-19-5-2-4-18(14-19)15-21-25-24(36)6-8-35(27(21)25)20-16-22(29)26(31)23(30)17-20/h2,4-6,8,14,16-17,21H,3,7,9-13,15H2,1H3,(H,32,37)/t21-/m0/s1. The molecule has 1 aliphatic carbocycles. The molecule has 1 N–H and O–H groups in total. The molecule has 1 fully saturated rings. The molecule has 1 saturated heterocycles. The number of likely N-dealkylation sites (N-methyl/N-ethyl adjacent to an activating group) is 1. The third-order valence-electron chi connectivity index (χ3n) is 7.08. The molecular formula is C28H29F3N4O3. The average Bonchev–Trinajstić information content (AvgIpc) is 3.61. The molecule has 0 unspecified atom stereocenters. The average molecular weight is 527 g/mol. The predicted molar refractivity (Wildman–Crippen MR) is 137 cm³/mol. The van der Waals surface area contributed by atoms with Crippen LogP contribution >= 0.6 is 0 Å². The van der Waals surface area contributed by atoms with Gasteiger partial charge in [0.1, 0.15) is 0 Å². The van der Waals surface area contributed by atoms with Gasteiger partial charge >= 0.3 is 6.09 Å². The number of hydrogen-bond donors (Lipinski definition) is 1. The second kappa shape index (κ2) is 11.0. The zero-order chi connectivity index (χ0) is 26.8. The molecule has 0 radical (unpaired) electrons. The van der Waals surface area contributed by atoms with Crippen molar-refractivity contribution in [3.63, 3.8) is 0 Å². The fourth-order valence-electron chi connectivity index (χ4n) is 4.96. The van der Waals surface area contributed by atoms with Gasteiger partial charge in [0, 0.05) is 80.0 Å². The van der Waals surface area contributed by atoms with Gasteiger partial charge in [-0.25, -0.2) is 18.0 Å². The number of nitrogens with one attached hydrogen (secondary N) is 1. The summed E-state index contributed by atoms with van der Waals surface area (Å²) in [5.74, 6) is -4.39. The summed E-state index contributed by atoms with van der Waals surface area (Å²) in [7, 11) is 2.11. The summed E-state index contributed by atoms with van der Waals surface area (Å²) in [6.45, 7) is 5.34. The SMILES string of the molecule is CN1CCN(CCCOC(=O)Nc2cccc(C[C@H]3c4c3n(-c3cc(F)c(F)c(F)c3)ccc4=O)c2)CC1. The lowest BCUT2D eigenvalue weighted by Crippen LogP contribution is -2.44. The van der Waals surface area contributed by atoms with Gasteiger partial charge in [-0.05, 0) is 37.6 Å². The zero-order valence-corrected chi connectivity index (χ0v) is 21.1. The van der Waals surface area contributed by atoms with Gasteiger partial charge in [-0.1, -0.05) is 12.1 Å². The van der Waals surface area contributed by atoms with Crippen LogP contribution in [0, 0.1) is 17.5 Å². The first kappa shape index (κ1) is 26.0. The van der Waals surface area contributed by atoms with E-state index in [0.29, 0.717) is 30.0 Å². The number of pyridine rings is 1. The monoisotopic (exact) mass is 526 g/mol. The van der Waals surface area contributed by atoms with Crippen LogP contribution in [0.1, 0.15) is 29.2 Å². The van der Waals surface area contributed by atoms with Gasteiger partial charge in [-0.15, -0.1) is 0 Å². The number of amides is 1. The number of halogens is 3. The Kier molecular flexibility index (Phi) is 7.53. The Labute approximate surface area is 218 Å². The summed E-state index contributed by atoms with van der Waals surface area (Å²) in [5, 5.41) is 2.74. The largest absolute Gasteiger partial charge is 0.449 e. The van der Waals surface area contributed by atoms with Gasteiger partial charge < -0.3 is 19.1 Å². The van der Waals surface area contributed by atoms with E-state index in [9.17, 15) is 22.8 Å². The van der Waals surface area contributed by atoms with Crippen molar-refractivity contribution in [2.45, 2.75) is 18.8 Å². The van der Waals surface area contributed by atoms with Crippen molar-refractivity contribution < 1.29 is 22.7 Å². The van der Waals surface area contributed by atoms with E-state index in [1.54, 1.807) is 18.2 Å². The molecule has 38 heavy (non-hydrogen) atoms. The third-order valence-corrected chi connectivity index (χ3v) is 7.08. The van der Waals surface area contributed by atoms with Crippen molar-refractivity contribution in [1.29, 1.82) is 0 Å². The van der Waals surface area contributed by atoms with Gasteiger partial charge in [0.15, 0.2) is 22.9 Å². The highest BCUT2D eigenvalue weighted by atomic mass is 19.2. The first-order chi connectivity index (χ1) is 18.3. The Morgan fingerprint density at radius 1 is 1.05 bits per heavy atom. The smallest absolute Gasteiger partial charge is 0.411 e. The lowest BCUT2D eigenvalue weighted by Gasteiger charge is -2.32. The van der Waals surface area contributed by atoms with E-state index in [2.05, 4.69) is 22.2 Å². The van der Waals surface area contributed by atoms with E-state index in [1.807, 2.05) is 6.07 Å². The number of aromatic nitrogens is 1. The Morgan fingerprint density at radius 3 is 2.53 bits per heavy atom. The Bertz CT molecular complexity index is 1380. The van der Waals surface area contributed by atoms with Gasteiger partial charge in [0.2, 0.25) is 0 Å². The van der Waals surface area contributed by atoms with Gasteiger partial charge in [-0.3, -0.25) is 10.1 Å². The quantitative estimate of drug-likeness (QED) is 0.353. The zero-order valence-electron chi connectivity index (χ0n) is 21.1. The Morgan fingerprint density at radius 2 is 1.79 bits per heavy atom. The van der Waals surface area contributed by atoms with E-state index in [4.69, 9.17) is 4.74 Å². The first-order valence-electron chi connectivity index (χ1n) is 12.6. The minimum absolute atomic E-state index is 0.103. The third kappa shape index (κ3) is 5.76. The van der Waals surface area contributed by atoms with Crippen molar-refractivity contribution in [2.75, 3.05) is 51.7 Å². The van der Waals surface area contributed by atoms with E-state index in [0.717, 1.165) is 56.8 Å². The molecule has 10 heteroatoms. The molecule has 2 aliphatic rings. The molecule has 0 bridgehead atoms. The van der Waals surface area contributed by atoms with Crippen LogP contribution < -0.4 is 10.7 Å². The highest BCUT2D eigenvalue weighted by Gasteiger charge is 2.39. The van der Waals surface area contributed by atoms with Gasteiger partial charge in [-0.2, -0.15) is 0 Å². The van der Waals surface area contributed by atoms with Crippen molar-refractivity contribution in [3.05, 3.63) is 93.2 Å². The summed E-state index contributed by atoms with van der Waals surface area (Å²) in [6.07, 6.45) is 2.12. The molecule has 200 valence electrons. The van der Waals surface area contributed by atoms with E-state index in [1.165, 1.54) is 16.8 Å². The summed E-state index contributed by atoms with van der Waals surface area (Å²) in [5.41, 5.74) is 2.54. The minimum atomic E-state index is -1.54. The number of rotatable bonds is 8. The summed E-state index contributed by atoms with van der Waals surface area (Å²) < 4.78 is 47.9. The number of ether oxygens (including phenoxy) is 1. The Hall–Kier alpha value is -3.63. The number of carbonyl (C=O) groups is 1. The molecule has 1 aromatic heterocycles. The van der Waals surface area contributed by atoms with Gasteiger partial charge in [0.25, 0.3) is 0 Å². The molecule has 1 atom stereocenters. The lowest BCUT2D eigenvalue weighted by molar-refractivity contribution is 0.130.